The molecule has 1 aliphatic rings. The summed E-state index contributed by atoms with van der Waals surface area (Å²) in [6.07, 6.45) is 3.34. The monoisotopic (exact) mass is 215 g/mol. The highest BCUT2D eigenvalue weighted by Crippen LogP contribution is 2.30. The molecular weight excluding hydrogens is 198 g/mol. The van der Waals surface area contributed by atoms with Gasteiger partial charge >= 0.3 is 0 Å². The lowest BCUT2D eigenvalue weighted by molar-refractivity contribution is 0.0931. The van der Waals surface area contributed by atoms with E-state index in [1.165, 1.54) is 6.42 Å². The van der Waals surface area contributed by atoms with Crippen molar-refractivity contribution >= 4 is 0 Å². The molecule has 0 heterocycles. The summed E-state index contributed by atoms with van der Waals surface area (Å²) in [7, 11) is 0. The lowest BCUT2D eigenvalue weighted by Crippen LogP contribution is -2.53. The Balaban J connectivity index is 1.82. The van der Waals surface area contributed by atoms with Crippen molar-refractivity contribution in [1.82, 2.24) is 5.32 Å². The maximum Gasteiger partial charge on any atom is 0.0613 e. The van der Waals surface area contributed by atoms with Crippen LogP contribution in [0, 0.1) is 11.8 Å². The predicted octanol–water partition coefficient (Wildman–Crippen LogP) is 1.54. The van der Waals surface area contributed by atoms with Gasteiger partial charge in [-0.05, 0) is 31.4 Å². The van der Waals surface area contributed by atoms with E-state index >= 15 is 0 Å². The molecule has 2 heteroatoms. The zero-order chi connectivity index (χ0) is 11.3. The molecule has 16 heavy (non-hydrogen) atoms. The molecule has 0 saturated heterocycles. The van der Waals surface area contributed by atoms with Gasteiger partial charge in [-0.25, -0.2) is 0 Å². The molecule has 0 unspecified atom stereocenters. The molecule has 1 aromatic carbocycles. The molecule has 1 aliphatic carbocycles. The van der Waals surface area contributed by atoms with Gasteiger partial charge < -0.3 is 5.11 Å². The van der Waals surface area contributed by atoms with E-state index in [9.17, 15) is 5.11 Å². The van der Waals surface area contributed by atoms with Crippen molar-refractivity contribution in [3.8, 4) is 11.8 Å². The molecular formula is C14H17NO. The standard InChI is InChI=1S/C14H17NO/c16-12-14(9-5-10-14)15-11-4-8-13-6-2-1-3-7-13/h1-3,6-7,15-16H,5,9-12H2. The Hall–Kier alpha value is -1.30. The summed E-state index contributed by atoms with van der Waals surface area (Å²) < 4.78 is 0. The van der Waals surface area contributed by atoms with Gasteiger partial charge in [0.2, 0.25) is 0 Å². The third-order valence-electron chi connectivity index (χ3n) is 3.17. The summed E-state index contributed by atoms with van der Waals surface area (Å²) in [5.74, 6) is 6.18. The van der Waals surface area contributed by atoms with Gasteiger partial charge in [-0.3, -0.25) is 5.32 Å². The van der Waals surface area contributed by atoms with Gasteiger partial charge in [-0.15, -0.1) is 0 Å². The molecule has 84 valence electrons. The van der Waals surface area contributed by atoms with Crippen LogP contribution in [0.1, 0.15) is 24.8 Å². The maximum atomic E-state index is 9.24. The second-order valence-corrected chi connectivity index (χ2v) is 4.31. The van der Waals surface area contributed by atoms with Crippen LogP contribution in [0.25, 0.3) is 0 Å². The second kappa shape index (κ2) is 5.16. The molecule has 1 fully saturated rings. The molecule has 0 spiro atoms. The van der Waals surface area contributed by atoms with Crippen molar-refractivity contribution in [3.05, 3.63) is 35.9 Å². The highest BCUT2D eigenvalue weighted by molar-refractivity contribution is 5.33. The first kappa shape index (κ1) is 11.2. The van der Waals surface area contributed by atoms with Gasteiger partial charge in [-0.2, -0.15) is 0 Å². The molecule has 2 N–H and O–H groups in total. The Labute approximate surface area is 96.7 Å². The van der Waals surface area contributed by atoms with Gasteiger partial charge in [0.1, 0.15) is 0 Å². The van der Waals surface area contributed by atoms with E-state index in [0.29, 0.717) is 6.54 Å². The van der Waals surface area contributed by atoms with Gasteiger partial charge in [0.15, 0.2) is 0 Å². The summed E-state index contributed by atoms with van der Waals surface area (Å²) in [5, 5.41) is 12.6. The Kier molecular flexibility index (Phi) is 3.61. The minimum absolute atomic E-state index is 0.0363. The highest BCUT2D eigenvalue weighted by Gasteiger charge is 2.35. The number of rotatable bonds is 3. The third kappa shape index (κ3) is 2.63. The zero-order valence-electron chi connectivity index (χ0n) is 9.37. The first-order chi connectivity index (χ1) is 7.85. The third-order valence-corrected chi connectivity index (χ3v) is 3.17. The van der Waals surface area contributed by atoms with E-state index in [4.69, 9.17) is 0 Å². The van der Waals surface area contributed by atoms with Crippen LogP contribution >= 0.6 is 0 Å². The van der Waals surface area contributed by atoms with Crippen molar-refractivity contribution in [2.75, 3.05) is 13.2 Å². The fourth-order valence-electron chi connectivity index (χ4n) is 1.89. The van der Waals surface area contributed by atoms with E-state index < -0.39 is 0 Å². The molecule has 0 aromatic heterocycles. The normalized spacial score (nSPS) is 17.1. The van der Waals surface area contributed by atoms with E-state index in [2.05, 4.69) is 17.2 Å². The zero-order valence-corrected chi connectivity index (χ0v) is 9.37. The molecule has 2 nitrogen and oxygen atoms in total. The maximum absolute atomic E-state index is 9.24. The number of hydrogen-bond donors (Lipinski definition) is 2. The van der Waals surface area contributed by atoms with E-state index in [1.54, 1.807) is 0 Å². The fraction of sp³-hybridized carbons (Fsp3) is 0.429. The number of benzene rings is 1. The van der Waals surface area contributed by atoms with Gasteiger partial charge in [0.25, 0.3) is 0 Å². The van der Waals surface area contributed by atoms with Crippen LogP contribution in [0.3, 0.4) is 0 Å². The molecule has 1 aromatic rings. The number of aliphatic hydroxyl groups excluding tert-OH is 1. The first-order valence-electron chi connectivity index (χ1n) is 5.74. The van der Waals surface area contributed by atoms with Crippen LogP contribution in [-0.2, 0) is 0 Å². The molecule has 0 bridgehead atoms. The van der Waals surface area contributed by atoms with Gasteiger partial charge in [0, 0.05) is 11.1 Å². The molecule has 0 radical (unpaired) electrons. The lowest BCUT2D eigenvalue weighted by atomic mass is 9.77. The Morgan fingerprint density at radius 3 is 2.56 bits per heavy atom. The van der Waals surface area contributed by atoms with Crippen molar-refractivity contribution in [2.45, 2.75) is 24.8 Å². The molecule has 0 atom stereocenters. The highest BCUT2D eigenvalue weighted by atomic mass is 16.3. The van der Waals surface area contributed by atoms with Crippen LogP contribution in [0.15, 0.2) is 30.3 Å². The van der Waals surface area contributed by atoms with Crippen LogP contribution < -0.4 is 5.32 Å². The summed E-state index contributed by atoms with van der Waals surface area (Å²) in [5.41, 5.74) is 1.00. The molecule has 1 saturated carbocycles. The van der Waals surface area contributed by atoms with Crippen LogP contribution in [0.2, 0.25) is 0 Å². The largest absolute Gasteiger partial charge is 0.394 e. The van der Waals surface area contributed by atoms with Crippen molar-refractivity contribution in [3.63, 3.8) is 0 Å². The predicted molar refractivity (Wildman–Crippen MR) is 65.0 cm³/mol. The van der Waals surface area contributed by atoms with Crippen molar-refractivity contribution in [2.24, 2.45) is 0 Å². The second-order valence-electron chi connectivity index (χ2n) is 4.31. The van der Waals surface area contributed by atoms with E-state index in [1.807, 2.05) is 30.3 Å². The van der Waals surface area contributed by atoms with Crippen molar-refractivity contribution in [1.29, 1.82) is 0 Å². The number of nitrogens with one attached hydrogen (secondary N) is 1. The topological polar surface area (TPSA) is 32.3 Å². The summed E-state index contributed by atoms with van der Waals surface area (Å²) in [6, 6.07) is 9.95. The number of aliphatic hydroxyl groups is 1. The van der Waals surface area contributed by atoms with Gasteiger partial charge in [-0.1, -0.05) is 30.0 Å². The minimum atomic E-state index is -0.0363. The summed E-state index contributed by atoms with van der Waals surface area (Å²) >= 11 is 0. The fourth-order valence-corrected chi connectivity index (χ4v) is 1.89. The SMILES string of the molecule is OCC1(NCC#Cc2ccccc2)CCC1. The summed E-state index contributed by atoms with van der Waals surface area (Å²) in [6.45, 7) is 0.871. The Morgan fingerprint density at radius 2 is 2.00 bits per heavy atom. The van der Waals surface area contributed by atoms with Crippen LogP contribution in [0.4, 0.5) is 0 Å². The Bertz CT molecular complexity index is 379. The Morgan fingerprint density at radius 1 is 1.25 bits per heavy atom. The average Bonchev–Trinajstić information content (AvgIpc) is 2.29. The quantitative estimate of drug-likeness (QED) is 0.750. The van der Waals surface area contributed by atoms with E-state index in [0.717, 1.165) is 18.4 Å². The number of hydrogen-bond acceptors (Lipinski definition) is 2. The van der Waals surface area contributed by atoms with E-state index in [-0.39, 0.29) is 12.1 Å². The average molecular weight is 215 g/mol. The molecule has 0 amide bonds. The molecule has 0 aliphatic heterocycles. The van der Waals surface area contributed by atoms with Crippen LogP contribution in [0.5, 0.6) is 0 Å². The van der Waals surface area contributed by atoms with Gasteiger partial charge in [0.05, 0.1) is 13.2 Å². The smallest absolute Gasteiger partial charge is 0.0613 e. The van der Waals surface area contributed by atoms with Crippen LogP contribution in [-0.4, -0.2) is 23.8 Å². The van der Waals surface area contributed by atoms with Crippen molar-refractivity contribution < 1.29 is 5.11 Å². The first-order valence-corrected chi connectivity index (χ1v) is 5.74. The molecule has 2 rings (SSSR count). The minimum Gasteiger partial charge on any atom is -0.394 e. The lowest BCUT2D eigenvalue weighted by Gasteiger charge is -2.40. The summed E-state index contributed by atoms with van der Waals surface area (Å²) in [4.78, 5) is 0.